The van der Waals surface area contributed by atoms with Gasteiger partial charge in [-0.15, -0.1) is 0 Å². The molecule has 0 aliphatic heterocycles. The molecule has 3 aromatic heterocycles. The molecule has 0 saturated heterocycles. The molecule has 0 amide bonds. The molecule has 6 rings (SSSR count). The van der Waals surface area contributed by atoms with Crippen molar-refractivity contribution in [1.29, 1.82) is 0 Å². The van der Waals surface area contributed by atoms with Gasteiger partial charge in [0.2, 0.25) is 0 Å². The summed E-state index contributed by atoms with van der Waals surface area (Å²) in [7, 11) is 0. The number of hydrogen-bond acceptors (Lipinski definition) is 7. The van der Waals surface area contributed by atoms with Gasteiger partial charge in [0.1, 0.15) is 41.2 Å². The molecule has 6 aromatic rings. The van der Waals surface area contributed by atoms with Gasteiger partial charge in [-0.1, -0.05) is 48.5 Å². The van der Waals surface area contributed by atoms with E-state index in [4.69, 9.17) is 15.2 Å². The standard InChI is InChI=1S/C28H20FN5O3/c1-15(25-22(16-7-3-2-4-8-16)20-9-5-6-10-21(20)28(36)37-25)34-27-23(26(30)31-14-32-27)24(33-34)17-11-18(29)13-19(35)12-17/h2-15,35H,1H3,(H2,30,31,32)/t15-/m0/s1. The van der Waals surface area contributed by atoms with Gasteiger partial charge >= 0.3 is 5.63 Å². The maximum absolute atomic E-state index is 14.2. The SMILES string of the molecule is C[C@@H](c1oc(=O)c2ccccc2c1-c1ccccc1)n1nc(-c2cc(O)cc(F)c2)c2c(N)ncnc21. The van der Waals surface area contributed by atoms with Crippen LogP contribution in [-0.2, 0) is 0 Å². The van der Waals surface area contributed by atoms with Gasteiger partial charge < -0.3 is 15.3 Å². The van der Waals surface area contributed by atoms with Crippen molar-refractivity contribution < 1.29 is 13.9 Å². The number of halogens is 1. The fourth-order valence-corrected chi connectivity index (χ4v) is 4.70. The molecule has 0 saturated carbocycles. The van der Waals surface area contributed by atoms with E-state index in [-0.39, 0.29) is 11.6 Å². The zero-order valence-corrected chi connectivity index (χ0v) is 19.6. The molecule has 0 aliphatic carbocycles. The molecule has 9 heteroatoms. The van der Waals surface area contributed by atoms with E-state index in [9.17, 15) is 14.3 Å². The molecule has 8 nitrogen and oxygen atoms in total. The summed E-state index contributed by atoms with van der Waals surface area (Å²) >= 11 is 0. The lowest BCUT2D eigenvalue weighted by Gasteiger charge is -2.18. The van der Waals surface area contributed by atoms with Gasteiger partial charge in [-0.2, -0.15) is 5.10 Å². The zero-order valence-electron chi connectivity index (χ0n) is 19.6. The van der Waals surface area contributed by atoms with Crippen LogP contribution in [0, 0.1) is 5.82 Å². The van der Waals surface area contributed by atoms with E-state index in [2.05, 4.69) is 9.97 Å². The first-order valence-electron chi connectivity index (χ1n) is 11.5. The third-order valence-electron chi connectivity index (χ3n) is 6.35. The third-order valence-corrected chi connectivity index (χ3v) is 6.35. The van der Waals surface area contributed by atoms with Gasteiger partial charge in [0.05, 0.1) is 10.8 Å². The van der Waals surface area contributed by atoms with E-state index in [0.29, 0.717) is 33.4 Å². The van der Waals surface area contributed by atoms with Gasteiger partial charge in [0.15, 0.2) is 5.65 Å². The minimum absolute atomic E-state index is 0.144. The Labute approximate surface area is 209 Å². The number of nitrogen functional groups attached to an aromatic ring is 1. The Kier molecular flexibility index (Phi) is 5.19. The van der Waals surface area contributed by atoms with Crippen molar-refractivity contribution in [3.63, 3.8) is 0 Å². The monoisotopic (exact) mass is 493 g/mol. The van der Waals surface area contributed by atoms with Crippen LogP contribution < -0.4 is 11.4 Å². The Morgan fingerprint density at radius 3 is 2.46 bits per heavy atom. The summed E-state index contributed by atoms with van der Waals surface area (Å²) in [6, 6.07) is 19.9. The lowest BCUT2D eigenvalue weighted by Crippen LogP contribution is -2.14. The van der Waals surface area contributed by atoms with Crippen LogP contribution in [0.2, 0.25) is 0 Å². The highest BCUT2D eigenvalue weighted by Crippen LogP contribution is 2.38. The first kappa shape index (κ1) is 22.4. The number of anilines is 1. The lowest BCUT2D eigenvalue weighted by molar-refractivity contribution is 0.405. The minimum atomic E-state index is -0.631. The van der Waals surface area contributed by atoms with E-state index in [1.807, 2.05) is 49.4 Å². The van der Waals surface area contributed by atoms with Crippen LogP contribution in [0.1, 0.15) is 18.7 Å². The molecule has 0 aliphatic rings. The van der Waals surface area contributed by atoms with Crippen molar-refractivity contribution in [2.75, 3.05) is 5.73 Å². The highest BCUT2D eigenvalue weighted by atomic mass is 19.1. The number of phenols is 1. The van der Waals surface area contributed by atoms with Gasteiger partial charge in [0.25, 0.3) is 0 Å². The largest absolute Gasteiger partial charge is 0.508 e. The first-order valence-corrected chi connectivity index (χ1v) is 11.5. The Bertz CT molecular complexity index is 1840. The Morgan fingerprint density at radius 1 is 0.973 bits per heavy atom. The summed E-state index contributed by atoms with van der Waals surface area (Å²) in [4.78, 5) is 21.5. The third kappa shape index (κ3) is 3.68. The van der Waals surface area contributed by atoms with Gasteiger partial charge in [-0.3, -0.25) is 0 Å². The minimum Gasteiger partial charge on any atom is -0.508 e. The maximum atomic E-state index is 14.2. The number of hydrogen-bond donors (Lipinski definition) is 2. The van der Waals surface area contributed by atoms with Crippen LogP contribution in [-0.4, -0.2) is 24.9 Å². The molecule has 3 aromatic carbocycles. The number of nitrogens with two attached hydrogens (primary N) is 1. The number of aromatic nitrogens is 4. The van der Waals surface area contributed by atoms with E-state index >= 15 is 0 Å². The van der Waals surface area contributed by atoms with Crippen molar-refractivity contribution in [1.82, 2.24) is 19.7 Å². The molecule has 0 fully saturated rings. The fraction of sp³-hybridized carbons (Fsp3) is 0.0714. The highest BCUT2D eigenvalue weighted by molar-refractivity contribution is 5.99. The topological polar surface area (TPSA) is 120 Å². The molecule has 3 N–H and O–H groups in total. The number of nitrogens with zero attached hydrogens (tertiary/aromatic N) is 4. The average molecular weight is 493 g/mol. The number of aromatic hydroxyl groups is 1. The predicted octanol–water partition coefficient (Wildman–Crippen LogP) is 5.30. The molecule has 182 valence electrons. The number of phenolic OH excluding ortho intramolecular Hbond substituents is 1. The quantitative estimate of drug-likeness (QED) is 0.342. The van der Waals surface area contributed by atoms with E-state index in [1.165, 1.54) is 18.5 Å². The van der Waals surface area contributed by atoms with Crippen molar-refractivity contribution >= 4 is 27.6 Å². The Balaban J connectivity index is 1.65. The normalized spacial score (nSPS) is 12.3. The highest BCUT2D eigenvalue weighted by Gasteiger charge is 2.26. The molecule has 0 unspecified atom stereocenters. The van der Waals surface area contributed by atoms with E-state index < -0.39 is 17.5 Å². The predicted molar refractivity (Wildman–Crippen MR) is 139 cm³/mol. The summed E-state index contributed by atoms with van der Waals surface area (Å²) in [5, 5.41) is 16.3. The molecular weight excluding hydrogens is 473 g/mol. The van der Waals surface area contributed by atoms with Crippen LogP contribution in [0.25, 0.3) is 44.2 Å². The van der Waals surface area contributed by atoms with E-state index in [1.54, 1.807) is 16.8 Å². The second-order valence-corrected chi connectivity index (χ2v) is 8.67. The molecule has 1 atom stereocenters. The summed E-state index contributed by atoms with van der Waals surface area (Å²) in [6.45, 7) is 1.83. The number of benzene rings is 3. The van der Waals surface area contributed by atoms with Crippen LogP contribution in [0.4, 0.5) is 10.2 Å². The van der Waals surface area contributed by atoms with Crippen molar-refractivity contribution in [3.05, 3.63) is 101 Å². The van der Waals surface area contributed by atoms with Crippen molar-refractivity contribution in [3.8, 4) is 28.1 Å². The smallest absolute Gasteiger partial charge is 0.343 e. The van der Waals surface area contributed by atoms with Gasteiger partial charge in [-0.05, 0) is 30.7 Å². The van der Waals surface area contributed by atoms with Crippen LogP contribution in [0.15, 0.2) is 88.3 Å². The second-order valence-electron chi connectivity index (χ2n) is 8.67. The van der Waals surface area contributed by atoms with E-state index in [0.717, 1.165) is 22.6 Å². The summed E-state index contributed by atoms with van der Waals surface area (Å²) in [5.74, 6) is -0.364. The maximum Gasteiger partial charge on any atom is 0.343 e. The second kappa shape index (κ2) is 8.56. The lowest BCUT2D eigenvalue weighted by atomic mass is 9.96. The molecule has 0 bridgehead atoms. The first-order chi connectivity index (χ1) is 17.9. The van der Waals surface area contributed by atoms with Crippen LogP contribution in [0.5, 0.6) is 5.75 Å². The number of rotatable bonds is 4. The fourth-order valence-electron chi connectivity index (χ4n) is 4.70. The summed E-state index contributed by atoms with van der Waals surface area (Å²) in [6.07, 6.45) is 1.31. The molecular formula is C28H20FN5O3. The number of fused-ring (bicyclic) bond motifs is 2. The molecule has 3 heterocycles. The summed E-state index contributed by atoms with van der Waals surface area (Å²) in [5.41, 5.74) is 8.31. The van der Waals surface area contributed by atoms with Crippen LogP contribution in [0.3, 0.4) is 0 Å². The van der Waals surface area contributed by atoms with Gasteiger partial charge in [0, 0.05) is 22.6 Å². The summed E-state index contributed by atoms with van der Waals surface area (Å²) < 4.78 is 21.7. The van der Waals surface area contributed by atoms with Gasteiger partial charge in [-0.25, -0.2) is 23.8 Å². The zero-order chi connectivity index (χ0) is 25.7. The average Bonchev–Trinajstić information content (AvgIpc) is 3.29. The molecule has 37 heavy (non-hydrogen) atoms. The Morgan fingerprint density at radius 2 is 1.70 bits per heavy atom. The van der Waals surface area contributed by atoms with Crippen molar-refractivity contribution in [2.24, 2.45) is 0 Å². The molecule has 0 radical (unpaired) electrons. The molecule has 0 spiro atoms. The van der Waals surface area contributed by atoms with Crippen molar-refractivity contribution in [2.45, 2.75) is 13.0 Å². The van der Waals surface area contributed by atoms with Crippen LogP contribution >= 0.6 is 0 Å². The Hall–Kier alpha value is -5.05.